The van der Waals surface area contributed by atoms with Gasteiger partial charge in [0.2, 0.25) is 5.91 Å². The van der Waals surface area contributed by atoms with Gasteiger partial charge in [0.1, 0.15) is 12.0 Å². The van der Waals surface area contributed by atoms with Crippen LogP contribution in [0.3, 0.4) is 0 Å². The Kier molecular flexibility index (Phi) is 6.08. The summed E-state index contributed by atoms with van der Waals surface area (Å²) in [5.41, 5.74) is 13.1. The van der Waals surface area contributed by atoms with Crippen LogP contribution in [0, 0.1) is 0 Å². The number of piperidine rings is 1. The number of anilines is 3. The van der Waals surface area contributed by atoms with Gasteiger partial charge in [0.25, 0.3) is 0 Å². The summed E-state index contributed by atoms with van der Waals surface area (Å²) in [6.45, 7) is 2.11. The number of benzene rings is 1. The van der Waals surface area contributed by atoms with Gasteiger partial charge in [-0.25, -0.2) is 9.97 Å². The molecule has 1 amide bonds. The fraction of sp³-hybridized carbons (Fsp3) is 0.421. The summed E-state index contributed by atoms with van der Waals surface area (Å²) in [6, 6.07) is 9.94. The standard InChI is InChI=1S/C19H27N7O/c1-25-10-8-15(9-11-25)26(2)19-17(20)18(21-13-22-19)24-23-16(27)12-14-6-4-3-5-7-14/h3-7,13,15H,8-12,20H2,1-2H3,(H,23,27)(H,21,22,24). The number of carbonyl (C=O) groups excluding carboxylic acids is 1. The fourth-order valence-electron chi connectivity index (χ4n) is 3.28. The van der Waals surface area contributed by atoms with Crippen molar-refractivity contribution >= 4 is 23.2 Å². The molecule has 0 saturated carbocycles. The lowest BCUT2D eigenvalue weighted by molar-refractivity contribution is -0.119. The van der Waals surface area contributed by atoms with E-state index >= 15 is 0 Å². The van der Waals surface area contributed by atoms with Crippen LogP contribution in [0.1, 0.15) is 18.4 Å². The number of hydrogen-bond acceptors (Lipinski definition) is 7. The second-order valence-corrected chi connectivity index (χ2v) is 6.94. The number of nitrogens with one attached hydrogen (secondary N) is 2. The van der Waals surface area contributed by atoms with Crippen LogP contribution in [0.15, 0.2) is 36.7 Å². The van der Waals surface area contributed by atoms with Gasteiger partial charge in [-0.3, -0.25) is 15.6 Å². The first-order valence-corrected chi connectivity index (χ1v) is 9.15. The van der Waals surface area contributed by atoms with E-state index in [9.17, 15) is 4.79 Å². The number of nitrogens with zero attached hydrogens (tertiary/aromatic N) is 4. The van der Waals surface area contributed by atoms with E-state index < -0.39 is 0 Å². The number of likely N-dealkylation sites (tertiary alicyclic amines) is 1. The number of aromatic nitrogens is 2. The Morgan fingerprint density at radius 1 is 1.26 bits per heavy atom. The van der Waals surface area contributed by atoms with Crippen molar-refractivity contribution in [3.05, 3.63) is 42.2 Å². The number of amides is 1. The second kappa shape index (κ2) is 8.68. The van der Waals surface area contributed by atoms with E-state index in [1.807, 2.05) is 37.4 Å². The molecule has 8 nitrogen and oxygen atoms in total. The summed E-state index contributed by atoms with van der Waals surface area (Å²) in [5.74, 6) is 0.921. The summed E-state index contributed by atoms with van der Waals surface area (Å²) in [7, 11) is 4.14. The van der Waals surface area contributed by atoms with Crippen LogP contribution in [0.4, 0.5) is 17.3 Å². The van der Waals surface area contributed by atoms with Gasteiger partial charge in [0, 0.05) is 13.1 Å². The van der Waals surface area contributed by atoms with Crippen molar-refractivity contribution in [2.45, 2.75) is 25.3 Å². The molecule has 27 heavy (non-hydrogen) atoms. The normalized spacial score (nSPS) is 15.3. The average Bonchev–Trinajstić information content (AvgIpc) is 2.68. The number of rotatable bonds is 6. The van der Waals surface area contributed by atoms with Gasteiger partial charge in [0.05, 0.1) is 6.42 Å². The van der Waals surface area contributed by atoms with Crippen molar-refractivity contribution in [2.75, 3.05) is 43.2 Å². The monoisotopic (exact) mass is 369 g/mol. The van der Waals surface area contributed by atoms with Gasteiger partial charge in [-0.15, -0.1) is 0 Å². The first-order chi connectivity index (χ1) is 13.0. The third kappa shape index (κ3) is 4.85. The highest BCUT2D eigenvalue weighted by atomic mass is 16.2. The molecule has 0 unspecified atom stereocenters. The first kappa shape index (κ1) is 18.9. The number of carbonyl (C=O) groups is 1. The molecular formula is C19H27N7O. The summed E-state index contributed by atoms with van der Waals surface area (Å²) in [5, 5.41) is 0. The van der Waals surface area contributed by atoms with E-state index in [0.717, 1.165) is 31.5 Å². The topological polar surface area (TPSA) is 99.4 Å². The molecule has 1 fully saturated rings. The molecule has 1 aromatic carbocycles. The van der Waals surface area contributed by atoms with Gasteiger partial charge in [-0.1, -0.05) is 30.3 Å². The maximum absolute atomic E-state index is 12.1. The Balaban J connectivity index is 1.61. The molecule has 0 bridgehead atoms. The smallest absolute Gasteiger partial charge is 0.242 e. The zero-order valence-electron chi connectivity index (χ0n) is 15.9. The zero-order valence-corrected chi connectivity index (χ0v) is 15.9. The molecule has 1 aliphatic rings. The third-order valence-electron chi connectivity index (χ3n) is 4.96. The first-order valence-electron chi connectivity index (χ1n) is 9.15. The van der Waals surface area contributed by atoms with Gasteiger partial charge < -0.3 is 15.5 Å². The molecule has 2 heterocycles. The van der Waals surface area contributed by atoms with Crippen LogP contribution in [-0.2, 0) is 11.2 Å². The van der Waals surface area contributed by atoms with Crippen molar-refractivity contribution in [2.24, 2.45) is 0 Å². The largest absolute Gasteiger partial charge is 0.393 e. The van der Waals surface area contributed by atoms with Gasteiger partial charge >= 0.3 is 0 Å². The van der Waals surface area contributed by atoms with Crippen LogP contribution in [0.2, 0.25) is 0 Å². The van der Waals surface area contributed by atoms with Gasteiger partial charge in [0.15, 0.2) is 11.6 Å². The number of hydrogen-bond donors (Lipinski definition) is 3. The number of hydrazine groups is 1. The minimum atomic E-state index is -0.163. The molecule has 8 heteroatoms. The van der Waals surface area contributed by atoms with E-state index in [-0.39, 0.29) is 12.3 Å². The Bertz CT molecular complexity index is 760. The van der Waals surface area contributed by atoms with E-state index in [1.54, 1.807) is 0 Å². The van der Waals surface area contributed by atoms with E-state index in [2.05, 4.69) is 37.7 Å². The summed E-state index contributed by atoms with van der Waals surface area (Å²) in [4.78, 5) is 25.1. The fourth-order valence-corrected chi connectivity index (χ4v) is 3.28. The van der Waals surface area contributed by atoms with Gasteiger partial charge in [-0.05, 0) is 38.5 Å². The molecule has 0 aliphatic carbocycles. The highest BCUT2D eigenvalue weighted by Gasteiger charge is 2.23. The van der Waals surface area contributed by atoms with Crippen molar-refractivity contribution in [1.29, 1.82) is 0 Å². The van der Waals surface area contributed by atoms with Crippen LogP contribution in [-0.4, -0.2) is 54.0 Å². The number of nitrogen functional groups attached to an aromatic ring is 1. The van der Waals surface area contributed by atoms with E-state index in [0.29, 0.717) is 23.4 Å². The summed E-state index contributed by atoms with van der Waals surface area (Å²) < 4.78 is 0. The lowest BCUT2D eigenvalue weighted by Gasteiger charge is -2.36. The minimum Gasteiger partial charge on any atom is -0.393 e. The van der Waals surface area contributed by atoms with Crippen molar-refractivity contribution < 1.29 is 4.79 Å². The van der Waals surface area contributed by atoms with Crippen LogP contribution in [0.25, 0.3) is 0 Å². The van der Waals surface area contributed by atoms with E-state index in [1.165, 1.54) is 6.33 Å². The minimum absolute atomic E-state index is 0.163. The summed E-state index contributed by atoms with van der Waals surface area (Å²) >= 11 is 0. The number of nitrogens with two attached hydrogens (primary N) is 1. The Morgan fingerprint density at radius 3 is 2.67 bits per heavy atom. The lowest BCUT2D eigenvalue weighted by Crippen LogP contribution is -2.42. The predicted molar refractivity (Wildman–Crippen MR) is 107 cm³/mol. The van der Waals surface area contributed by atoms with E-state index in [4.69, 9.17) is 5.73 Å². The molecule has 1 aromatic heterocycles. The van der Waals surface area contributed by atoms with Crippen molar-refractivity contribution in [3.8, 4) is 0 Å². The van der Waals surface area contributed by atoms with Gasteiger partial charge in [-0.2, -0.15) is 0 Å². The molecule has 0 spiro atoms. The predicted octanol–water partition coefficient (Wildman–Crippen LogP) is 1.28. The zero-order chi connectivity index (χ0) is 19.2. The molecule has 2 aromatic rings. The molecule has 0 radical (unpaired) electrons. The maximum atomic E-state index is 12.1. The van der Waals surface area contributed by atoms with Crippen LogP contribution >= 0.6 is 0 Å². The molecular weight excluding hydrogens is 342 g/mol. The average molecular weight is 369 g/mol. The second-order valence-electron chi connectivity index (χ2n) is 6.94. The quantitative estimate of drug-likeness (QED) is 0.660. The SMILES string of the molecule is CN1CCC(N(C)c2ncnc(NNC(=O)Cc3ccccc3)c2N)CC1. The molecule has 0 atom stereocenters. The van der Waals surface area contributed by atoms with Crippen molar-refractivity contribution in [3.63, 3.8) is 0 Å². The highest BCUT2D eigenvalue weighted by Crippen LogP contribution is 2.28. The highest BCUT2D eigenvalue weighted by molar-refractivity contribution is 5.82. The third-order valence-corrected chi connectivity index (χ3v) is 4.96. The maximum Gasteiger partial charge on any atom is 0.242 e. The Labute approximate surface area is 159 Å². The Hall–Kier alpha value is -2.87. The molecule has 1 aliphatic heterocycles. The lowest BCUT2D eigenvalue weighted by atomic mass is 10.0. The van der Waals surface area contributed by atoms with Crippen LogP contribution < -0.4 is 21.5 Å². The summed E-state index contributed by atoms with van der Waals surface area (Å²) in [6.07, 6.45) is 3.87. The van der Waals surface area contributed by atoms with Crippen molar-refractivity contribution in [1.82, 2.24) is 20.3 Å². The van der Waals surface area contributed by atoms with Crippen LogP contribution in [0.5, 0.6) is 0 Å². The molecule has 4 N–H and O–H groups in total. The molecule has 144 valence electrons. The molecule has 3 rings (SSSR count). The Morgan fingerprint density at radius 2 is 1.96 bits per heavy atom. The molecule has 1 saturated heterocycles.